The first-order valence-corrected chi connectivity index (χ1v) is 10.6. The van der Waals surface area contributed by atoms with E-state index in [9.17, 15) is 13.2 Å². The molecule has 0 bridgehead atoms. The van der Waals surface area contributed by atoms with Crippen LogP contribution in [0.15, 0.2) is 42.5 Å². The number of rotatable bonds is 6. The number of amides is 1. The van der Waals surface area contributed by atoms with Gasteiger partial charge < -0.3 is 9.64 Å². The molecule has 0 saturated heterocycles. The Labute approximate surface area is 160 Å². The number of carbonyl (C=O) groups excluding carboxylic acids is 1. The largest absolute Gasteiger partial charge is 0.497 e. The Bertz CT molecular complexity index is 923. The van der Waals surface area contributed by atoms with E-state index in [1.54, 1.807) is 42.3 Å². The summed E-state index contributed by atoms with van der Waals surface area (Å²) >= 11 is 0. The van der Waals surface area contributed by atoms with E-state index in [1.165, 1.54) is 0 Å². The zero-order valence-corrected chi connectivity index (χ0v) is 16.4. The molecule has 1 aliphatic rings. The lowest BCUT2D eigenvalue weighted by atomic mass is 10.0. The summed E-state index contributed by atoms with van der Waals surface area (Å²) in [6, 6.07) is 12.3. The van der Waals surface area contributed by atoms with Gasteiger partial charge in [-0.25, -0.2) is 8.42 Å². The number of aryl methyl sites for hydroxylation is 1. The van der Waals surface area contributed by atoms with Crippen molar-refractivity contribution in [3.8, 4) is 5.75 Å². The summed E-state index contributed by atoms with van der Waals surface area (Å²) in [4.78, 5) is 13.9. The highest BCUT2D eigenvalue weighted by molar-refractivity contribution is 7.91. The van der Waals surface area contributed by atoms with Gasteiger partial charge in [0.05, 0.1) is 12.9 Å². The van der Waals surface area contributed by atoms with Crippen LogP contribution in [0.5, 0.6) is 5.75 Å². The first-order chi connectivity index (χ1) is 12.9. The Morgan fingerprint density at radius 2 is 1.93 bits per heavy atom. The van der Waals surface area contributed by atoms with Crippen molar-refractivity contribution in [2.45, 2.75) is 31.9 Å². The fourth-order valence-corrected chi connectivity index (χ4v) is 4.46. The standard InChI is InChI=1S/C20H24N2O4S/c1-3-20(23)22-12-4-5-16-13-17(8-11-19(16)22)21-27(24,25)14-15-6-9-18(26-2)10-7-15/h6-11,13,21H,3-5,12,14H2,1-2H3. The summed E-state index contributed by atoms with van der Waals surface area (Å²) in [5, 5.41) is 0. The Morgan fingerprint density at radius 1 is 1.19 bits per heavy atom. The van der Waals surface area contributed by atoms with Gasteiger partial charge in [-0.15, -0.1) is 0 Å². The molecule has 0 atom stereocenters. The maximum Gasteiger partial charge on any atom is 0.236 e. The molecule has 0 saturated carbocycles. The van der Waals surface area contributed by atoms with Crippen molar-refractivity contribution in [2.24, 2.45) is 0 Å². The number of benzene rings is 2. The third kappa shape index (κ3) is 4.60. The number of sulfonamides is 1. The zero-order chi connectivity index (χ0) is 19.4. The van der Waals surface area contributed by atoms with Crippen molar-refractivity contribution in [2.75, 3.05) is 23.3 Å². The van der Waals surface area contributed by atoms with Crippen molar-refractivity contribution < 1.29 is 17.9 Å². The average molecular weight is 388 g/mol. The molecule has 0 unspecified atom stereocenters. The SMILES string of the molecule is CCC(=O)N1CCCc2cc(NS(=O)(=O)Cc3ccc(OC)cc3)ccc21. The van der Waals surface area contributed by atoms with Crippen LogP contribution in [0.1, 0.15) is 30.9 Å². The first kappa shape index (κ1) is 19.2. The second kappa shape index (κ2) is 8.00. The highest BCUT2D eigenvalue weighted by Gasteiger charge is 2.22. The number of ether oxygens (including phenoxy) is 1. The third-order valence-electron chi connectivity index (χ3n) is 4.59. The summed E-state index contributed by atoms with van der Waals surface area (Å²) in [7, 11) is -1.97. The van der Waals surface area contributed by atoms with Gasteiger partial charge in [-0.2, -0.15) is 0 Å². The molecule has 27 heavy (non-hydrogen) atoms. The molecule has 2 aromatic carbocycles. The van der Waals surface area contributed by atoms with Gasteiger partial charge in [0, 0.05) is 24.3 Å². The average Bonchev–Trinajstić information content (AvgIpc) is 2.66. The number of carbonyl (C=O) groups is 1. The molecular formula is C20H24N2O4S. The Hall–Kier alpha value is -2.54. The van der Waals surface area contributed by atoms with E-state index in [0.717, 1.165) is 24.1 Å². The maximum atomic E-state index is 12.5. The highest BCUT2D eigenvalue weighted by Crippen LogP contribution is 2.30. The zero-order valence-electron chi connectivity index (χ0n) is 15.6. The van der Waals surface area contributed by atoms with E-state index in [4.69, 9.17) is 4.74 Å². The van der Waals surface area contributed by atoms with Crippen molar-refractivity contribution in [1.82, 2.24) is 0 Å². The topological polar surface area (TPSA) is 75.7 Å². The lowest BCUT2D eigenvalue weighted by Crippen LogP contribution is -2.34. The van der Waals surface area contributed by atoms with Crippen molar-refractivity contribution in [1.29, 1.82) is 0 Å². The van der Waals surface area contributed by atoms with Crippen molar-refractivity contribution >= 4 is 27.3 Å². The molecule has 1 aliphatic heterocycles. The molecule has 144 valence electrons. The fraction of sp³-hybridized carbons (Fsp3) is 0.350. The number of anilines is 2. The van der Waals surface area contributed by atoms with Crippen LogP contribution in [0.25, 0.3) is 0 Å². The van der Waals surface area contributed by atoms with E-state index in [1.807, 2.05) is 19.1 Å². The fourth-order valence-electron chi connectivity index (χ4n) is 3.27. The molecule has 1 N–H and O–H groups in total. The summed E-state index contributed by atoms with van der Waals surface area (Å²) < 4.78 is 32.7. The molecule has 0 radical (unpaired) electrons. The van der Waals surface area contributed by atoms with E-state index >= 15 is 0 Å². The van der Waals surface area contributed by atoms with Gasteiger partial charge in [0.2, 0.25) is 15.9 Å². The van der Waals surface area contributed by atoms with E-state index < -0.39 is 10.0 Å². The van der Waals surface area contributed by atoms with E-state index in [2.05, 4.69) is 4.72 Å². The summed E-state index contributed by atoms with van der Waals surface area (Å²) in [6.07, 6.45) is 2.16. The van der Waals surface area contributed by atoms with Gasteiger partial charge in [0.25, 0.3) is 0 Å². The summed E-state index contributed by atoms with van der Waals surface area (Å²) in [5.74, 6) is 0.655. The Morgan fingerprint density at radius 3 is 2.59 bits per heavy atom. The number of hydrogen-bond donors (Lipinski definition) is 1. The van der Waals surface area contributed by atoms with Crippen LogP contribution >= 0.6 is 0 Å². The predicted octanol–water partition coefficient (Wildman–Crippen LogP) is 3.33. The van der Waals surface area contributed by atoms with Crippen molar-refractivity contribution in [3.63, 3.8) is 0 Å². The molecule has 1 amide bonds. The molecule has 0 aromatic heterocycles. The molecule has 0 fully saturated rings. The molecule has 7 heteroatoms. The maximum absolute atomic E-state index is 12.5. The van der Waals surface area contributed by atoms with Gasteiger partial charge in [-0.1, -0.05) is 19.1 Å². The second-order valence-corrected chi connectivity index (χ2v) is 8.28. The number of hydrogen-bond acceptors (Lipinski definition) is 4. The summed E-state index contributed by atoms with van der Waals surface area (Å²) in [5.41, 5.74) is 3.08. The van der Waals surface area contributed by atoms with Crippen LogP contribution in [0.2, 0.25) is 0 Å². The molecule has 2 aromatic rings. The van der Waals surface area contributed by atoms with Crippen LogP contribution in [-0.2, 0) is 27.0 Å². The van der Waals surface area contributed by atoms with Crippen LogP contribution in [0, 0.1) is 0 Å². The first-order valence-electron chi connectivity index (χ1n) is 8.98. The lowest BCUT2D eigenvalue weighted by molar-refractivity contribution is -0.118. The number of nitrogens with zero attached hydrogens (tertiary/aromatic N) is 1. The Balaban J connectivity index is 1.75. The number of methoxy groups -OCH3 is 1. The van der Waals surface area contributed by atoms with Gasteiger partial charge >= 0.3 is 0 Å². The van der Waals surface area contributed by atoms with Crippen LogP contribution in [0.4, 0.5) is 11.4 Å². The minimum atomic E-state index is -3.54. The Kier molecular flexibility index (Phi) is 5.70. The van der Waals surface area contributed by atoms with Crippen LogP contribution in [-0.4, -0.2) is 28.0 Å². The smallest absolute Gasteiger partial charge is 0.236 e. The van der Waals surface area contributed by atoms with Gasteiger partial charge in [0.15, 0.2) is 0 Å². The highest BCUT2D eigenvalue weighted by atomic mass is 32.2. The quantitative estimate of drug-likeness (QED) is 0.824. The summed E-state index contributed by atoms with van der Waals surface area (Å²) in [6.45, 7) is 2.56. The number of nitrogens with one attached hydrogen (secondary N) is 1. The minimum absolute atomic E-state index is 0.0868. The van der Waals surface area contributed by atoms with E-state index in [-0.39, 0.29) is 11.7 Å². The third-order valence-corrected chi connectivity index (χ3v) is 5.85. The molecule has 1 heterocycles. The van der Waals surface area contributed by atoms with Crippen LogP contribution < -0.4 is 14.4 Å². The molecular weight excluding hydrogens is 364 g/mol. The second-order valence-electron chi connectivity index (χ2n) is 6.56. The number of fused-ring (bicyclic) bond motifs is 1. The van der Waals surface area contributed by atoms with E-state index in [0.29, 0.717) is 30.0 Å². The molecule has 6 nitrogen and oxygen atoms in total. The van der Waals surface area contributed by atoms with Gasteiger partial charge in [-0.3, -0.25) is 9.52 Å². The van der Waals surface area contributed by atoms with Crippen LogP contribution in [0.3, 0.4) is 0 Å². The molecule has 0 spiro atoms. The monoisotopic (exact) mass is 388 g/mol. The molecule has 0 aliphatic carbocycles. The van der Waals surface area contributed by atoms with Crippen molar-refractivity contribution in [3.05, 3.63) is 53.6 Å². The normalized spacial score (nSPS) is 13.8. The lowest BCUT2D eigenvalue weighted by Gasteiger charge is -2.29. The predicted molar refractivity (Wildman–Crippen MR) is 107 cm³/mol. The minimum Gasteiger partial charge on any atom is -0.497 e. The molecule has 3 rings (SSSR count). The van der Waals surface area contributed by atoms with Gasteiger partial charge in [-0.05, 0) is 54.3 Å². The van der Waals surface area contributed by atoms with Gasteiger partial charge in [0.1, 0.15) is 5.75 Å².